The van der Waals surface area contributed by atoms with Crippen LogP contribution >= 0.6 is 10.7 Å². The predicted molar refractivity (Wildman–Crippen MR) is 143 cm³/mol. The van der Waals surface area contributed by atoms with Crippen molar-refractivity contribution < 1.29 is 25.6 Å². The van der Waals surface area contributed by atoms with E-state index in [4.69, 9.17) is 10.7 Å². The summed E-state index contributed by atoms with van der Waals surface area (Å²) < 4.78 is 80.5. The first-order valence-electron chi connectivity index (χ1n) is 11.4. The van der Waals surface area contributed by atoms with E-state index in [0.717, 1.165) is 28.0 Å². The summed E-state index contributed by atoms with van der Waals surface area (Å²) in [6.07, 6.45) is 3.07. The van der Waals surface area contributed by atoms with Crippen LogP contribution in [0.25, 0.3) is 22.3 Å². The molecule has 4 aromatic rings. The number of pyridine rings is 2. The Balaban J connectivity index is 1.87. The number of anilines is 1. The summed E-state index contributed by atoms with van der Waals surface area (Å²) in [5.74, 6) is -1.95. The molecule has 38 heavy (non-hydrogen) atoms. The Hall–Kier alpha value is -3.09. The average Bonchev–Trinajstić information content (AvgIpc) is 3.18. The van der Waals surface area contributed by atoms with E-state index in [9.17, 15) is 25.6 Å². The minimum Gasteiger partial charge on any atom is -0.378 e. The molecule has 0 bridgehead atoms. The van der Waals surface area contributed by atoms with Crippen LogP contribution in [0.3, 0.4) is 0 Å². The number of aromatic nitrogens is 3. The molecule has 4 rings (SSSR count). The van der Waals surface area contributed by atoms with Gasteiger partial charge in [0, 0.05) is 33.9 Å². The zero-order valence-electron chi connectivity index (χ0n) is 20.9. The van der Waals surface area contributed by atoms with Crippen molar-refractivity contribution in [2.24, 2.45) is 5.41 Å². The van der Waals surface area contributed by atoms with Crippen molar-refractivity contribution in [1.29, 1.82) is 0 Å². The van der Waals surface area contributed by atoms with Gasteiger partial charge in [-0.05, 0) is 36.6 Å². The highest BCUT2D eigenvalue weighted by molar-refractivity contribution is 8.13. The van der Waals surface area contributed by atoms with Crippen LogP contribution in [0.2, 0.25) is 0 Å². The van der Waals surface area contributed by atoms with Gasteiger partial charge < -0.3 is 5.32 Å². The summed E-state index contributed by atoms with van der Waals surface area (Å²) in [6, 6.07) is 7.85. The standard InChI is InChI=1S/C25H25ClF2N4O4S2/c1-15-5-7-17(8-6-15)38(35,36)32-13-19(18-9-16(27)11-30-24(18)32)21-10-22(20(28)12-29-21)31-23(25(2,3)4)14-37(26,33)34/h5-13,23H,14H2,1-4H3,(H,29,31). The highest BCUT2D eigenvalue weighted by Crippen LogP contribution is 2.34. The number of rotatable bonds is 7. The third-order valence-electron chi connectivity index (χ3n) is 6.03. The molecule has 1 unspecified atom stereocenters. The van der Waals surface area contributed by atoms with Gasteiger partial charge in [0.15, 0.2) is 11.5 Å². The van der Waals surface area contributed by atoms with E-state index in [1.807, 2.05) is 6.92 Å². The fourth-order valence-electron chi connectivity index (χ4n) is 3.86. The minimum atomic E-state index is -4.13. The minimum absolute atomic E-state index is 0.00222. The lowest BCUT2D eigenvalue weighted by Crippen LogP contribution is -2.39. The first kappa shape index (κ1) is 27.9. The smallest absolute Gasteiger partial charge is 0.269 e. The third kappa shape index (κ3) is 5.82. The normalized spacial score (nSPS) is 13.6. The van der Waals surface area contributed by atoms with E-state index >= 15 is 0 Å². The number of hydrogen-bond donors (Lipinski definition) is 1. The summed E-state index contributed by atoms with van der Waals surface area (Å²) in [4.78, 5) is 8.10. The van der Waals surface area contributed by atoms with E-state index in [1.54, 1.807) is 32.9 Å². The van der Waals surface area contributed by atoms with Gasteiger partial charge in [-0.1, -0.05) is 38.5 Å². The highest BCUT2D eigenvalue weighted by Gasteiger charge is 2.30. The molecule has 202 valence electrons. The van der Waals surface area contributed by atoms with E-state index < -0.39 is 47.9 Å². The second-order valence-electron chi connectivity index (χ2n) is 10.00. The Morgan fingerprint density at radius 3 is 2.29 bits per heavy atom. The molecule has 0 saturated heterocycles. The van der Waals surface area contributed by atoms with Crippen LogP contribution in [0.1, 0.15) is 26.3 Å². The van der Waals surface area contributed by atoms with Gasteiger partial charge in [-0.3, -0.25) is 4.98 Å². The number of hydrogen-bond acceptors (Lipinski definition) is 7. The molecule has 1 aromatic carbocycles. The van der Waals surface area contributed by atoms with Gasteiger partial charge in [-0.15, -0.1) is 0 Å². The lowest BCUT2D eigenvalue weighted by molar-refractivity contribution is 0.359. The van der Waals surface area contributed by atoms with Crippen LogP contribution < -0.4 is 5.32 Å². The number of benzene rings is 1. The predicted octanol–water partition coefficient (Wildman–Crippen LogP) is 5.32. The molecule has 8 nitrogen and oxygen atoms in total. The molecule has 1 atom stereocenters. The van der Waals surface area contributed by atoms with Gasteiger partial charge in [0.05, 0.1) is 34.4 Å². The molecular formula is C25H25ClF2N4O4S2. The SMILES string of the molecule is Cc1ccc(S(=O)(=O)n2cc(-c3cc(NC(CS(=O)(=O)Cl)C(C)(C)C)c(F)cn3)c3cc(F)cnc32)cc1. The van der Waals surface area contributed by atoms with E-state index in [-0.39, 0.29) is 32.9 Å². The largest absolute Gasteiger partial charge is 0.378 e. The van der Waals surface area contributed by atoms with Gasteiger partial charge in [0.25, 0.3) is 10.0 Å². The molecule has 3 aromatic heterocycles. The third-order valence-corrected chi connectivity index (χ3v) is 8.80. The molecule has 1 N–H and O–H groups in total. The number of halogens is 3. The van der Waals surface area contributed by atoms with Gasteiger partial charge in [-0.2, -0.15) is 0 Å². The van der Waals surface area contributed by atoms with Crippen molar-refractivity contribution in [3.63, 3.8) is 0 Å². The van der Waals surface area contributed by atoms with E-state index in [2.05, 4.69) is 15.3 Å². The molecule has 0 aliphatic carbocycles. The lowest BCUT2D eigenvalue weighted by Gasteiger charge is -2.31. The average molecular weight is 583 g/mol. The Bertz CT molecular complexity index is 1730. The molecular weight excluding hydrogens is 558 g/mol. The zero-order chi connectivity index (χ0) is 28.0. The Morgan fingerprint density at radius 1 is 1.03 bits per heavy atom. The fraction of sp³-hybridized carbons (Fsp3) is 0.280. The molecule has 0 aliphatic heterocycles. The Kier molecular flexibility index (Phi) is 7.28. The second kappa shape index (κ2) is 9.90. The molecule has 0 saturated carbocycles. The second-order valence-corrected chi connectivity index (χ2v) is 14.6. The molecule has 0 aliphatic rings. The van der Waals surface area contributed by atoms with Gasteiger partial charge in [0.1, 0.15) is 5.82 Å². The summed E-state index contributed by atoms with van der Waals surface area (Å²) in [6.45, 7) is 7.13. The quantitative estimate of drug-likeness (QED) is 0.294. The van der Waals surface area contributed by atoms with Crippen molar-refractivity contribution in [3.05, 3.63) is 72.2 Å². The maximum Gasteiger partial charge on any atom is 0.269 e. The summed E-state index contributed by atoms with van der Waals surface area (Å²) in [7, 11) is -2.58. The topological polar surface area (TPSA) is 111 Å². The van der Waals surface area contributed by atoms with Gasteiger partial charge in [-0.25, -0.2) is 34.6 Å². The summed E-state index contributed by atoms with van der Waals surface area (Å²) in [5, 5.41) is 3.03. The molecule has 0 radical (unpaired) electrons. The van der Waals surface area contributed by atoms with E-state index in [0.29, 0.717) is 0 Å². The lowest BCUT2D eigenvalue weighted by atomic mass is 9.87. The molecule has 0 amide bonds. The van der Waals surface area contributed by atoms with Crippen LogP contribution in [0, 0.1) is 24.0 Å². The van der Waals surface area contributed by atoms with Crippen molar-refractivity contribution in [3.8, 4) is 11.3 Å². The van der Waals surface area contributed by atoms with E-state index in [1.165, 1.54) is 24.4 Å². The van der Waals surface area contributed by atoms with Crippen molar-refractivity contribution in [2.75, 3.05) is 11.1 Å². The van der Waals surface area contributed by atoms with Crippen molar-refractivity contribution in [2.45, 2.75) is 38.6 Å². The van der Waals surface area contributed by atoms with Crippen LogP contribution in [-0.2, 0) is 19.1 Å². The molecule has 0 spiro atoms. The number of nitrogens with zero attached hydrogens (tertiary/aromatic N) is 3. The fourth-order valence-corrected chi connectivity index (χ4v) is 6.54. The number of aryl methyl sites for hydroxylation is 1. The first-order valence-corrected chi connectivity index (χ1v) is 15.3. The van der Waals surface area contributed by atoms with Crippen LogP contribution in [0.5, 0.6) is 0 Å². The molecule has 13 heteroatoms. The number of nitrogens with one attached hydrogen (secondary N) is 1. The summed E-state index contributed by atoms with van der Waals surface area (Å²) >= 11 is 0. The molecule has 0 fully saturated rings. The monoisotopic (exact) mass is 582 g/mol. The molecule has 3 heterocycles. The van der Waals surface area contributed by atoms with Crippen molar-refractivity contribution in [1.82, 2.24) is 13.9 Å². The Labute approximate surface area is 224 Å². The first-order chi connectivity index (χ1) is 17.6. The Morgan fingerprint density at radius 2 is 1.68 bits per heavy atom. The van der Waals surface area contributed by atoms with Crippen LogP contribution in [-0.4, -0.2) is 42.6 Å². The number of fused-ring (bicyclic) bond motifs is 1. The van der Waals surface area contributed by atoms with Gasteiger partial charge >= 0.3 is 0 Å². The van der Waals surface area contributed by atoms with Crippen molar-refractivity contribution >= 4 is 46.5 Å². The summed E-state index contributed by atoms with van der Waals surface area (Å²) in [5.41, 5.74) is 0.412. The zero-order valence-corrected chi connectivity index (χ0v) is 23.3. The van der Waals surface area contributed by atoms with Gasteiger partial charge in [0.2, 0.25) is 9.05 Å². The highest BCUT2D eigenvalue weighted by atomic mass is 35.7. The maximum atomic E-state index is 14.8. The maximum absolute atomic E-state index is 14.8. The van der Waals surface area contributed by atoms with Crippen LogP contribution in [0.15, 0.2) is 59.9 Å². The van der Waals surface area contributed by atoms with Crippen LogP contribution in [0.4, 0.5) is 14.5 Å².